The average molecular weight is 465 g/mol. The summed E-state index contributed by atoms with van der Waals surface area (Å²) in [5.74, 6) is -1.48. The zero-order chi connectivity index (χ0) is 24.0. The molecule has 0 saturated heterocycles. The van der Waals surface area contributed by atoms with Gasteiger partial charge in [0, 0.05) is 11.6 Å². The molecular weight excluding hydrogens is 428 g/mol. The Morgan fingerprint density at radius 1 is 1.00 bits per heavy atom. The van der Waals surface area contributed by atoms with Crippen molar-refractivity contribution < 1.29 is 27.5 Å². The van der Waals surface area contributed by atoms with Crippen molar-refractivity contribution in [3.63, 3.8) is 0 Å². The molecule has 32 heavy (non-hydrogen) atoms. The molecule has 0 aliphatic carbocycles. The third-order valence-electron chi connectivity index (χ3n) is 5.01. The first-order valence-corrected chi connectivity index (χ1v) is 12.8. The summed E-state index contributed by atoms with van der Waals surface area (Å²) in [6.45, 7) is 11.0. The quantitative estimate of drug-likeness (QED) is 0.192. The number of sulfone groups is 1. The molecule has 1 atom stereocenters. The van der Waals surface area contributed by atoms with E-state index < -0.39 is 21.6 Å². The van der Waals surface area contributed by atoms with Gasteiger partial charge in [-0.05, 0) is 45.2 Å². The first-order valence-electron chi connectivity index (χ1n) is 11.1. The van der Waals surface area contributed by atoms with Crippen LogP contribution in [0.5, 0.6) is 0 Å². The van der Waals surface area contributed by atoms with Gasteiger partial charge in [0.05, 0.1) is 23.4 Å². The summed E-state index contributed by atoms with van der Waals surface area (Å²) in [6, 6.07) is 6.49. The number of carbonyl (C=O) groups is 2. The van der Waals surface area contributed by atoms with E-state index in [-0.39, 0.29) is 29.1 Å². The molecule has 1 aromatic rings. The van der Waals surface area contributed by atoms with E-state index in [4.69, 9.17) is 9.47 Å². The van der Waals surface area contributed by atoms with Crippen LogP contribution in [-0.2, 0) is 28.9 Å². The highest BCUT2D eigenvalue weighted by Crippen LogP contribution is 2.15. The smallest absolute Gasteiger partial charge is 0.334 e. The van der Waals surface area contributed by atoms with E-state index in [1.54, 1.807) is 12.1 Å². The van der Waals surface area contributed by atoms with E-state index in [0.29, 0.717) is 0 Å². The summed E-state index contributed by atoms with van der Waals surface area (Å²) in [7, 11) is -3.61. The maximum absolute atomic E-state index is 12.4. The van der Waals surface area contributed by atoms with Crippen molar-refractivity contribution >= 4 is 21.8 Å². The number of hydrogen-bond donors (Lipinski definition) is 0. The van der Waals surface area contributed by atoms with Gasteiger partial charge in [-0.25, -0.2) is 18.0 Å². The van der Waals surface area contributed by atoms with Crippen LogP contribution in [0.1, 0.15) is 63.9 Å². The molecule has 0 aliphatic heterocycles. The Labute approximate surface area is 192 Å². The Kier molecular flexibility index (Phi) is 12.6. The molecule has 0 N–H and O–H groups in total. The normalized spacial score (nSPS) is 12.1. The summed E-state index contributed by atoms with van der Waals surface area (Å²) in [5, 5.41) is 0. The fourth-order valence-electron chi connectivity index (χ4n) is 3.11. The highest BCUT2D eigenvalue weighted by molar-refractivity contribution is 7.91. The largest absolute Gasteiger partial charge is 0.462 e. The van der Waals surface area contributed by atoms with Crippen molar-refractivity contribution in [1.29, 1.82) is 0 Å². The number of unbranched alkanes of at least 4 members (excludes halogenated alkanes) is 6. The number of hydrogen-bond acceptors (Lipinski definition) is 6. The van der Waals surface area contributed by atoms with Gasteiger partial charge in [-0.3, -0.25) is 0 Å². The molecule has 0 amide bonds. The molecule has 6 nitrogen and oxygen atoms in total. The van der Waals surface area contributed by atoms with E-state index in [0.717, 1.165) is 56.9 Å². The number of ether oxygens (including phenoxy) is 2. The SMILES string of the molecule is C=CC(=O)OC(C)CCCCCCCCCOC(=O)C(=C)CS(=O)(=O)c1ccc(C)cc1. The van der Waals surface area contributed by atoms with Crippen molar-refractivity contribution in [2.75, 3.05) is 12.4 Å². The summed E-state index contributed by atoms with van der Waals surface area (Å²) >= 11 is 0. The molecular formula is C25H36O6S. The zero-order valence-corrected chi connectivity index (χ0v) is 20.1. The van der Waals surface area contributed by atoms with Crippen LogP contribution in [0.15, 0.2) is 54.0 Å². The second-order valence-corrected chi connectivity index (χ2v) is 10.0. The molecule has 178 valence electrons. The molecule has 0 aliphatic rings. The van der Waals surface area contributed by atoms with Gasteiger partial charge in [0.2, 0.25) is 0 Å². The van der Waals surface area contributed by atoms with Crippen molar-refractivity contribution in [2.24, 2.45) is 0 Å². The lowest BCUT2D eigenvalue weighted by Crippen LogP contribution is -2.17. The average Bonchev–Trinajstić information content (AvgIpc) is 2.74. The summed E-state index contributed by atoms with van der Waals surface area (Å²) in [4.78, 5) is 23.3. The van der Waals surface area contributed by atoms with Crippen molar-refractivity contribution in [1.82, 2.24) is 0 Å². The third-order valence-corrected chi connectivity index (χ3v) is 6.72. The molecule has 0 saturated carbocycles. The minimum absolute atomic E-state index is 0.0569. The molecule has 1 aromatic carbocycles. The van der Waals surface area contributed by atoms with Crippen molar-refractivity contribution in [3.05, 3.63) is 54.6 Å². The van der Waals surface area contributed by atoms with Crippen LogP contribution < -0.4 is 0 Å². The monoisotopic (exact) mass is 464 g/mol. The second-order valence-electron chi connectivity index (χ2n) is 8.03. The highest BCUT2D eigenvalue weighted by atomic mass is 32.2. The molecule has 0 heterocycles. The van der Waals surface area contributed by atoms with Gasteiger partial charge in [-0.2, -0.15) is 0 Å². The maximum atomic E-state index is 12.4. The predicted octanol–water partition coefficient (Wildman–Crippen LogP) is 5.11. The molecule has 0 aromatic heterocycles. The van der Waals surface area contributed by atoms with E-state index >= 15 is 0 Å². The van der Waals surface area contributed by atoms with Gasteiger partial charge in [0.1, 0.15) is 0 Å². The lowest BCUT2D eigenvalue weighted by atomic mass is 10.1. The first-order chi connectivity index (χ1) is 15.2. The lowest BCUT2D eigenvalue weighted by molar-refractivity contribution is -0.142. The zero-order valence-electron chi connectivity index (χ0n) is 19.3. The highest BCUT2D eigenvalue weighted by Gasteiger charge is 2.20. The number of benzene rings is 1. The Morgan fingerprint density at radius 3 is 2.16 bits per heavy atom. The van der Waals surface area contributed by atoms with Crippen LogP contribution in [0.2, 0.25) is 0 Å². The molecule has 7 heteroatoms. The van der Waals surface area contributed by atoms with Crippen LogP contribution in [0.4, 0.5) is 0 Å². The van der Waals surface area contributed by atoms with Gasteiger partial charge in [0.25, 0.3) is 0 Å². The van der Waals surface area contributed by atoms with E-state index in [2.05, 4.69) is 13.2 Å². The molecule has 1 rings (SSSR count). The first kappa shape index (κ1) is 27.6. The fraction of sp³-hybridized carbons (Fsp3) is 0.520. The Morgan fingerprint density at radius 2 is 1.56 bits per heavy atom. The molecule has 0 bridgehead atoms. The fourth-order valence-corrected chi connectivity index (χ4v) is 4.40. The molecule has 1 unspecified atom stereocenters. The van der Waals surface area contributed by atoms with Crippen LogP contribution in [-0.4, -0.2) is 38.8 Å². The number of esters is 2. The summed E-state index contributed by atoms with van der Waals surface area (Å²) < 4.78 is 35.1. The van der Waals surface area contributed by atoms with Crippen LogP contribution in [0, 0.1) is 6.92 Å². The Hall–Kier alpha value is -2.41. The standard InChI is InChI=1S/C25H36O6S/c1-5-24(26)31-22(4)13-11-9-7-6-8-10-12-18-30-25(27)21(3)19-32(28,29)23-16-14-20(2)15-17-23/h5,14-17,22H,1,3,6-13,18-19H2,2,4H3. The minimum atomic E-state index is -3.61. The number of carbonyl (C=O) groups excluding carboxylic acids is 2. The number of aryl methyl sites for hydroxylation is 1. The molecule has 0 spiro atoms. The summed E-state index contributed by atoms with van der Waals surface area (Å²) in [5.41, 5.74) is 0.905. The topological polar surface area (TPSA) is 86.7 Å². The Bertz CT molecular complexity index is 855. The van der Waals surface area contributed by atoms with Gasteiger partial charge in [-0.15, -0.1) is 0 Å². The summed E-state index contributed by atoms with van der Waals surface area (Å²) in [6.07, 6.45) is 8.95. The van der Waals surface area contributed by atoms with E-state index in [1.165, 1.54) is 18.2 Å². The number of rotatable bonds is 16. The van der Waals surface area contributed by atoms with Gasteiger partial charge in [-0.1, -0.05) is 63.0 Å². The minimum Gasteiger partial charge on any atom is -0.462 e. The molecule has 0 radical (unpaired) electrons. The van der Waals surface area contributed by atoms with Gasteiger partial charge >= 0.3 is 11.9 Å². The van der Waals surface area contributed by atoms with Crippen molar-refractivity contribution in [3.8, 4) is 0 Å². The maximum Gasteiger partial charge on any atom is 0.334 e. The van der Waals surface area contributed by atoms with Crippen LogP contribution in [0.3, 0.4) is 0 Å². The van der Waals surface area contributed by atoms with E-state index in [9.17, 15) is 18.0 Å². The van der Waals surface area contributed by atoms with Gasteiger partial charge < -0.3 is 9.47 Å². The van der Waals surface area contributed by atoms with E-state index in [1.807, 2.05) is 13.8 Å². The van der Waals surface area contributed by atoms with Crippen molar-refractivity contribution in [2.45, 2.75) is 76.2 Å². The van der Waals surface area contributed by atoms with Gasteiger partial charge in [0.15, 0.2) is 9.84 Å². The molecule has 0 fully saturated rings. The lowest BCUT2D eigenvalue weighted by Gasteiger charge is -2.11. The predicted molar refractivity (Wildman–Crippen MR) is 126 cm³/mol. The van der Waals surface area contributed by atoms with Crippen LogP contribution in [0.25, 0.3) is 0 Å². The second kappa shape index (κ2) is 14.6. The third kappa shape index (κ3) is 11.3. The Balaban J connectivity index is 2.11. The van der Waals surface area contributed by atoms with Crippen LogP contribution >= 0.6 is 0 Å².